The summed E-state index contributed by atoms with van der Waals surface area (Å²) in [5.41, 5.74) is 12.7. The number of para-hydroxylation sites is 1. The van der Waals surface area contributed by atoms with Crippen LogP contribution >= 0.6 is 11.3 Å². The molecular weight excluding hydrogens is 699 g/mol. The van der Waals surface area contributed by atoms with E-state index in [9.17, 15) is 0 Å². The van der Waals surface area contributed by atoms with E-state index in [4.69, 9.17) is 4.42 Å². The third-order valence-corrected chi connectivity index (χ3v) is 13.4. The maximum Gasteiger partial charge on any atom is 0.136 e. The van der Waals surface area contributed by atoms with Crippen molar-refractivity contribution < 1.29 is 4.42 Å². The molecule has 0 unspecified atom stereocenters. The third kappa shape index (κ3) is 4.43. The summed E-state index contributed by atoms with van der Waals surface area (Å²) in [4.78, 5) is 2.50. The Morgan fingerprint density at radius 1 is 0.446 bits per heavy atom. The number of thiophene rings is 1. The van der Waals surface area contributed by atoms with Crippen LogP contribution < -0.4 is 4.90 Å². The van der Waals surface area contributed by atoms with Gasteiger partial charge >= 0.3 is 0 Å². The zero-order valence-corrected chi connectivity index (χ0v) is 31.8. The molecule has 0 radical (unpaired) electrons. The molecule has 9 aromatic carbocycles. The van der Waals surface area contributed by atoms with E-state index in [0.29, 0.717) is 0 Å². The predicted octanol–water partition coefficient (Wildman–Crippen LogP) is 15.7. The van der Waals surface area contributed by atoms with E-state index < -0.39 is 0 Å². The molecule has 56 heavy (non-hydrogen) atoms. The summed E-state index contributed by atoms with van der Waals surface area (Å²) in [7, 11) is 0. The molecular formula is C53H35NOS. The minimum atomic E-state index is -0.148. The first kappa shape index (κ1) is 31.6. The fraction of sp³-hybridized carbons (Fsp3) is 0.0566. The highest BCUT2D eigenvalue weighted by molar-refractivity contribution is 7.25. The topological polar surface area (TPSA) is 16.4 Å². The van der Waals surface area contributed by atoms with Crippen LogP contribution in [0.5, 0.6) is 0 Å². The van der Waals surface area contributed by atoms with Crippen LogP contribution in [-0.2, 0) is 5.41 Å². The molecule has 3 heteroatoms. The van der Waals surface area contributed by atoms with Crippen molar-refractivity contribution in [2.24, 2.45) is 0 Å². The van der Waals surface area contributed by atoms with Crippen molar-refractivity contribution in [3.63, 3.8) is 0 Å². The average molecular weight is 734 g/mol. The second kappa shape index (κ2) is 11.7. The van der Waals surface area contributed by atoms with Gasteiger partial charge in [-0.05, 0) is 104 Å². The maximum atomic E-state index is 6.66. The molecule has 0 bridgehead atoms. The van der Waals surface area contributed by atoms with Crippen molar-refractivity contribution in [3.8, 4) is 22.3 Å². The minimum absolute atomic E-state index is 0.148. The molecule has 0 atom stereocenters. The van der Waals surface area contributed by atoms with Crippen molar-refractivity contribution in [1.82, 2.24) is 0 Å². The van der Waals surface area contributed by atoms with Crippen molar-refractivity contribution >= 4 is 92.1 Å². The summed E-state index contributed by atoms with van der Waals surface area (Å²) in [6, 6.07) is 64.8. The zero-order valence-electron chi connectivity index (χ0n) is 31.0. The van der Waals surface area contributed by atoms with E-state index in [1.807, 2.05) is 11.3 Å². The Labute approximate surface area is 328 Å². The zero-order chi connectivity index (χ0) is 37.1. The van der Waals surface area contributed by atoms with E-state index in [-0.39, 0.29) is 5.41 Å². The van der Waals surface area contributed by atoms with Crippen LogP contribution in [0.2, 0.25) is 0 Å². The van der Waals surface area contributed by atoms with Gasteiger partial charge in [0.05, 0.1) is 5.69 Å². The van der Waals surface area contributed by atoms with Gasteiger partial charge in [-0.15, -0.1) is 11.3 Å². The van der Waals surface area contributed by atoms with E-state index >= 15 is 0 Å². The second-order valence-electron chi connectivity index (χ2n) is 15.6. The first-order valence-corrected chi connectivity index (χ1v) is 20.2. The smallest absolute Gasteiger partial charge is 0.136 e. The van der Waals surface area contributed by atoms with Gasteiger partial charge in [0.2, 0.25) is 0 Å². The fourth-order valence-corrected chi connectivity index (χ4v) is 10.8. The lowest BCUT2D eigenvalue weighted by atomic mass is 9.82. The Morgan fingerprint density at radius 2 is 1.11 bits per heavy atom. The lowest BCUT2D eigenvalue weighted by Gasteiger charge is -2.30. The highest BCUT2D eigenvalue weighted by atomic mass is 32.1. The van der Waals surface area contributed by atoms with Gasteiger partial charge in [-0.2, -0.15) is 0 Å². The molecule has 1 aliphatic rings. The van der Waals surface area contributed by atoms with Gasteiger partial charge in [-0.25, -0.2) is 0 Å². The van der Waals surface area contributed by atoms with Gasteiger partial charge in [0, 0.05) is 53.3 Å². The molecule has 2 nitrogen and oxygen atoms in total. The van der Waals surface area contributed by atoms with Crippen molar-refractivity contribution in [1.29, 1.82) is 0 Å². The van der Waals surface area contributed by atoms with Gasteiger partial charge in [0.25, 0.3) is 0 Å². The first-order chi connectivity index (χ1) is 27.5. The van der Waals surface area contributed by atoms with Gasteiger partial charge in [0.1, 0.15) is 11.2 Å². The molecule has 2 aromatic heterocycles. The number of rotatable bonds is 4. The van der Waals surface area contributed by atoms with Gasteiger partial charge in [-0.1, -0.05) is 135 Å². The van der Waals surface area contributed by atoms with Crippen LogP contribution in [0.4, 0.5) is 17.1 Å². The number of benzene rings is 9. The molecule has 0 amide bonds. The molecule has 0 saturated carbocycles. The number of furan rings is 1. The third-order valence-electron chi connectivity index (χ3n) is 12.2. The molecule has 1 aliphatic carbocycles. The highest BCUT2D eigenvalue weighted by Crippen LogP contribution is 2.53. The van der Waals surface area contributed by atoms with Crippen LogP contribution in [-0.4, -0.2) is 0 Å². The normalized spacial score (nSPS) is 13.3. The number of hydrogen-bond acceptors (Lipinski definition) is 3. The minimum Gasteiger partial charge on any atom is -0.456 e. The van der Waals surface area contributed by atoms with E-state index in [0.717, 1.165) is 44.6 Å². The molecule has 264 valence electrons. The van der Waals surface area contributed by atoms with Crippen LogP contribution in [0.1, 0.15) is 25.0 Å². The van der Waals surface area contributed by atoms with E-state index in [2.05, 4.69) is 195 Å². The molecule has 0 aliphatic heterocycles. The Hall–Kier alpha value is -6.68. The molecule has 0 saturated heterocycles. The summed E-state index contributed by atoms with van der Waals surface area (Å²) in [6.07, 6.45) is 0. The summed E-state index contributed by atoms with van der Waals surface area (Å²) >= 11 is 1.86. The van der Waals surface area contributed by atoms with Gasteiger partial charge in [0.15, 0.2) is 0 Å². The molecule has 2 heterocycles. The summed E-state index contributed by atoms with van der Waals surface area (Å²) in [5, 5.41) is 9.76. The van der Waals surface area contributed by atoms with Crippen LogP contribution in [0.3, 0.4) is 0 Å². The molecule has 12 rings (SSSR count). The van der Waals surface area contributed by atoms with Gasteiger partial charge in [-0.3, -0.25) is 0 Å². The van der Waals surface area contributed by atoms with Crippen molar-refractivity contribution in [2.75, 3.05) is 4.90 Å². The summed E-state index contributed by atoms with van der Waals surface area (Å²) in [5.74, 6) is 0. The monoisotopic (exact) mass is 733 g/mol. The highest BCUT2D eigenvalue weighted by Gasteiger charge is 2.36. The molecule has 0 N–H and O–H groups in total. The predicted molar refractivity (Wildman–Crippen MR) is 239 cm³/mol. The second-order valence-corrected chi connectivity index (χ2v) is 16.7. The largest absolute Gasteiger partial charge is 0.456 e. The number of nitrogens with zero attached hydrogens (tertiary/aromatic N) is 1. The van der Waals surface area contributed by atoms with Crippen LogP contribution in [0.15, 0.2) is 180 Å². The number of anilines is 3. The standard InChI is InChI=1S/C53H35NOS/c1-53(2)44-20-10-7-17-38(44)39-25-23-33(30-45(39)53)54(34-24-26-41-40-18-9-12-22-49(40)56-50(41)31-34)46-27-28-48-52(42-19-8-11-21-47(42)55-48)51(46)43-29-32-13-3-4-14-35(32)36-15-5-6-16-37(36)43/h3-31H,1-2H3. The lowest BCUT2D eigenvalue weighted by molar-refractivity contribution is 0.660. The van der Waals surface area contributed by atoms with Crippen molar-refractivity contribution in [2.45, 2.75) is 19.3 Å². The Bertz CT molecular complexity index is 3420. The average Bonchev–Trinajstić information content (AvgIpc) is 3.88. The van der Waals surface area contributed by atoms with Crippen LogP contribution in [0, 0.1) is 0 Å². The van der Waals surface area contributed by atoms with E-state index in [1.165, 1.54) is 69.5 Å². The number of fused-ring (bicyclic) bond motifs is 12. The quantitative estimate of drug-likeness (QED) is 0.168. The summed E-state index contributed by atoms with van der Waals surface area (Å²) in [6.45, 7) is 4.73. The molecule has 11 aromatic rings. The van der Waals surface area contributed by atoms with Gasteiger partial charge < -0.3 is 9.32 Å². The van der Waals surface area contributed by atoms with Crippen LogP contribution in [0.25, 0.3) is 85.9 Å². The molecule has 0 spiro atoms. The molecule has 0 fully saturated rings. The number of hydrogen-bond donors (Lipinski definition) is 0. The van der Waals surface area contributed by atoms with Crippen molar-refractivity contribution in [3.05, 3.63) is 187 Å². The Balaban J connectivity index is 1.21. The van der Waals surface area contributed by atoms with E-state index in [1.54, 1.807) is 0 Å². The lowest BCUT2D eigenvalue weighted by Crippen LogP contribution is -2.17. The Kier molecular flexibility index (Phi) is 6.59. The Morgan fingerprint density at radius 3 is 2.00 bits per heavy atom. The first-order valence-electron chi connectivity index (χ1n) is 19.3. The SMILES string of the molecule is CC1(C)c2ccccc2-c2ccc(N(c3ccc4c(c3)sc3ccccc34)c3ccc4oc5ccccc5c4c3-c3cc4ccccc4c4ccccc34)cc21. The summed E-state index contributed by atoms with van der Waals surface area (Å²) < 4.78 is 9.24. The maximum absolute atomic E-state index is 6.66. The fourth-order valence-electron chi connectivity index (χ4n) is 9.64.